The average molecular weight is 415 g/mol. The molecule has 0 fully saturated rings. The number of hydrogen-bond acceptors (Lipinski definition) is 5. The summed E-state index contributed by atoms with van der Waals surface area (Å²) in [5.41, 5.74) is 2.05. The van der Waals surface area contributed by atoms with Crippen LogP contribution in [0.3, 0.4) is 0 Å². The average Bonchev–Trinajstić information content (AvgIpc) is 3.01. The van der Waals surface area contributed by atoms with E-state index in [0.717, 1.165) is 15.6 Å². The van der Waals surface area contributed by atoms with Gasteiger partial charge in [0.25, 0.3) is 0 Å². The molecule has 0 atom stereocenters. The van der Waals surface area contributed by atoms with E-state index in [1.165, 1.54) is 13.0 Å². The number of ether oxygens (including phenoxy) is 1. The van der Waals surface area contributed by atoms with E-state index in [9.17, 15) is 10.1 Å². The number of aryl methyl sites for hydroxylation is 1. The zero-order valence-corrected chi connectivity index (χ0v) is 15.5. The van der Waals surface area contributed by atoms with Crippen LogP contribution in [0.15, 0.2) is 57.5 Å². The molecule has 3 aromatic rings. The van der Waals surface area contributed by atoms with Gasteiger partial charge < -0.3 is 9.26 Å². The Hall–Kier alpha value is -2.93. The fourth-order valence-corrected chi connectivity index (χ4v) is 2.87. The molecule has 0 saturated carbocycles. The van der Waals surface area contributed by atoms with Crippen molar-refractivity contribution in [3.63, 3.8) is 0 Å². The topological polar surface area (TPSA) is 78.4 Å². The fourth-order valence-electron chi connectivity index (χ4n) is 2.36. The number of halogens is 1. The Morgan fingerprint density at radius 2 is 2.00 bits per heavy atom. The smallest absolute Gasteiger partial charge is 0.338 e. The molecule has 0 radical (unpaired) electrons. The predicted molar refractivity (Wildman–Crippen MR) is 102 cm³/mol. The van der Waals surface area contributed by atoms with Crippen LogP contribution >= 0.6 is 15.9 Å². The van der Waals surface area contributed by atoms with Gasteiger partial charge in [0.05, 0.1) is 9.40 Å². The largest absolute Gasteiger partial charge is 0.488 e. The maximum Gasteiger partial charge on any atom is 0.338 e. The molecule has 3 rings (SSSR count). The van der Waals surface area contributed by atoms with Gasteiger partial charge in [0.1, 0.15) is 12.4 Å². The summed E-state index contributed by atoms with van der Waals surface area (Å²) < 4.78 is 11.6. The lowest BCUT2D eigenvalue weighted by molar-refractivity contribution is -0.386. The quantitative estimate of drug-likeness (QED) is 0.398. The summed E-state index contributed by atoms with van der Waals surface area (Å²) in [6, 6.07) is 15.4. The molecule has 0 aliphatic heterocycles. The van der Waals surface area contributed by atoms with Crippen LogP contribution in [0.5, 0.6) is 5.75 Å². The Morgan fingerprint density at radius 3 is 2.69 bits per heavy atom. The third-order valence-electron chi connectivity index (χ3n) is 3.66. The first-order valence-electron chi connectivity index (χ1n) is 7.79. The van der Waals surface area contributed by atoms with Crippen LogP contribution in [0.4, 0.5) is 5.69 Å². The van der Waals surface area contributed by atoms with Gasteiger partial charge in [-0.05, 0) is 52.2 Å². The molecule has 0 saturated heterocycles. The molecule has 0 bridgehead atoms. The summed E-state index contributed by atoms with van der Waals surface area (Å²) in [6.45, 7) is 2.01. The minimum atomic E-state index is -0.498. The highest BCUT2D eigenvalue weighted by Crippen LogP contribution is 2.29. The molecule has 26 heavy (non-hydrogen) atoms. The number of benzene rings is 2. The van der Waals surface area contributed by atoms with E-state index >= 15 is 0 Å². The van der Waals surface area contributed by atoms with E-state index < -0.39 is 4.92 Å². The Labute approximate surface area is 158 Å². The van der Waals surface area contributed by atoms with Gasteiger partial charge in [0.15, 0.2) is 5.69 Å². The first kappa shape index (κ1) is 17.9. The first-order chi connectivity index (χ1) is 12.5. The third kappa shape index (κ3) is 4.18. The fraction of sp³-hybridized carbons (Fsp3) is 0.105. The van der Waals surface area contributed by atoms with Crippen LogP contribution in [0.1, 0.15) is 22.6 Å². The molecule has 6 nitrogen and oxygen atoms in total. The molecule has 0 aliphatic rings. The summed E-state index contributed by atoms with van der Waals surface area (Å²) in [5.74, 6) is 0.834. The van der Waals surface area contributed by atoms with Crippen molar-refractivity contribution in [2.45, 2.75) is 13.5 Å². The Balaban J connectivity index is 1.72. The Kier molecular flexibility index (Phi) is 5.48. The van der Waals surface area contributed by atoms with Crippen molar-refractivity contribution < 1.29 is 14.2 Å². The van der Waals surface area contributed by atoms with E-state index in [4.69, 9.17) is 9.26 Å². The molecule has 2 aromatic carbocycles. The van der Waals surface area contributed by atoms with Crippen LogP contribution in [0, 0.1) is 17.0 Å². The van der Waals surface area contributed by atoms with Gasteiger partial charge in [0.2, 0.25) is 5.76 Å². The summed E-state index contributed by atoms with van der Waals surface area (Å²) >= 11 is 3.49. The second kappa shape index (κ2) is 7.97. The molecular weight excluding hydrogens is 400 g/mol. The Morgan fingerprint density at radius 1 is 1.23 bits per heavy atom. The Bertz CT molecular complexity index is 951. The van der Waals surface area contributed by atoms with Crippen molar-refractivity contribution in [2.24, 2.45) is 0 Å². The van der Waals surface area contributed by atoms with Gasteiger partial charge in [-0.1, -0.05) is 47.6 Å². The molecule has 0 N–H and O–H groups in total. The van der Waals surface area contributed by atoms with E-state index in [1.54, 1.807) is 6.08 Å². The summed E-state index contributed by atoms with van der Waals surface area (Å²) in [7, 11) is 0. The molecule has 0 unspecified atom stereocenters. The lowest BCUT2D eigenvalue weighted by atomic mass is 10.2. The van der Waals surface area contributed by atoms with E-state index in [-0.39, 0.29) is 17.1 Å². The number of nitro groups is 1. The SMILES string of the molecule is Cc1noc(/C=C/c2ccc(OCc3ccccc3)c(Br)c2)c1[N+](=O)[O-]. The first-order valence-corrected chi connectivity index (χ1v) is 8.59. The molecule has 0 spiro atoms. The van der Waals surface area contributed by atoms with Crippen LogP contribution in [-0.2, 0) is 6.61 Å². The van der Waals surface area contributed by atoms with Crippen LogP contribution in [-0.4, -0.2) is 10.1 Å². The highest BCUT2D eigenvalue weighted by atomic mass is 79.9. The summed E-state index contributed by atoms with van der Waals surface area (Å²) in [5, 5.41) is 14.7. The monoisotopic (exact) mass is 414 g/mol. The number of aromatic nitrogens is 1. The zero-order valence-electron chi connectivity index (χ0n) is 13.9. The molecular formula is C19H15BrN2O4. The molecule has 0 amide bonds. The number of nitrogens with zero attached hydrogens (tertiary/aromatic N) is 2. The van der Waals surface area contributed by atoms with Crippen molar-refractivity contribution >= 4 is 33.8 Å². The summed E-state index contributed by atoms with van der Waals surface area (Å²) in [4.78, 5) is 10.6. The zero-order chi connectivity index (χ0) is 18.5. The van der Waals surface area contributed by atoms with Crippen molar-refractivity contribution in [2.75, 3.05) is 0 Å². The second-order valence-corrected chi connectivity index (χ2v) is 6.39. The lowest BCUT2D eigenvalue weighted by Gasteiger charge is -2.08. The maximum absolute atomic E-state index is 11.1. The number of rotatable bonds is 6. The van der Waals surface area contributed by atoms with Gasteiger partial charge in [0, 0.05) is 0 Å². The third-order valence-corrected chi connectivity index (χ3v) is 4.28. The normalized spacial score (nSPS) is 11.0. The second-order valence-electron chi connectivity index (χ2n) is 5.54. The van der Waals surface area contributed by atoms with E-state index in [0.29, 0.717) is 12.4 Å². The minimum absolute atomic E-state index is 0.119. The van der Waals surface area contributed by atoms with Crippen LogP contribution in [0.2, 0.25) is 0 Å². The molecule has 7 heteroatoms. The predicted octanol–water partition coefficient (Wildman–Crippen LogP) is 5.40. The van der Waals surface area contributed by atoms with Gasteiger partial charge in [-0.15, -0.1) is 0 Å². The van der Waals surface area contributed by atoms with Gasteiger partial charge >= 0.3 is 5.69 Å². The standard InChI is InChI=1S/C19H15BrN2O4/c1-13-19(22(23)24)18(26-21-13)10-8-14-7-9-17(16(20)11-14)25-12-15-5-3-2-4-6-15/h2-11H,12H2,1H3/b10-8+. The molecule has 1 aromatic heterocycles. The van der Waals surface area contributed by atoms with Crippen LogP contribution < -0.4 is 4.74 Å². The van der Waals surface area contributed by atoms with Gasteiger partial charge in [-0.3, -0.25) is 10.1 Å². The lowest BCUT2D eigenvalue weighted by Crippen LogP contribution is -1.95. The summed E-state index contributed by atoms with van der Waals surface area (Å²) in [6.07, 6.45) is 3.25. The maximum atomic E-state index is 11.1. The van der Waals surface area contributed by atoms with E-state index in [2.05, 4.69) is 21.1 Å². The molecule has 1 heterocycles. The minimum Gasteiger partial charge on any atom is -0.488 e. The van der Waals surface area contributed by atoms with Crippen molar-refractivity contribution in [3.8, 4) is 5.75 Å². The van der Waals surface area contributed by atoms with Gasteiger partial charge in [-0.25, -0.2) is 0 Å². The molecule has 0 aliphatic carbocycles. The van der Waals surface area contributed by atoms with Crippen molar-refractivity contribution in [1.29, 1.82) is 0 Å². The van der Waals surface area contributed by atoms with Crippen molar-refractivity contribution in [1.82, 2.24) is 5.16 Å². The van der Waals surface area contributed by atoms with Crippen molar-refractivity contribution in [3.05, 3.63) is 85.7 Å². The van der Waals surface area contributed by atoms with Crippen LogP contribution in [0.25, 0.3) is 12.2 Å². The highest BCUT2D eigenvalue weighted by Gasteiger charge is 2.21. The highest BCUT2D eigenvalue weighted by molar-refractivity contribution is 9.10. The van der Waals surface area contributed by atoms with Gasteiger partial charge in [-0.2, -0.15) is 0 Å². The number of hydrogen-bond donors (Lipinski definition) is 0. The van der Waals surface area contributed by atoms with E-state index in [1.807, 2.05) is 48.5 Å². The molecule has 132 valence electrons.